The average molecular weight is 331 g/mol. The van der Waals surface area contributed by atoms with Crippen molar-refractivity contribution < 1.29 is 19.4 Å². The van der Waals surface area contributed by atoms with Crippen LogP contribution in [0.5, 0.6) is 11.5 Å². The highest BCUT2D eigenvalue weighted by atomic mass is 16.5. The first-order valence-electron chi connectivity index (χ1n) is 8.70. The number of phenols is 1. The first kappa shape index (κ1) is 15.9. The second-order valence-electron chi connectivity index (χ2n) is 7.39. The van der Waals surface area contributed by atoms with Gasteiger partial charge in [-0.3, -0.25) is 4.79 Å². The van der Waals surface area contributed by atoms with Crippen LogP contribution in [0.25, 0.3) is 0 Å². The molecule has 4 rings (SSSR count). The van der Waals surface area contributed by atoms with E-state index in [0.717, 1.165) is 36.9 Å². The number of piperidine rings is 1. The van der Waals surface area contributed by atoms with Crippen molar-refractivity contribution in [3.8, 4) is 11.5 Å². The van der Waals surface area contributed by atoms with Crippen molar-refractivity contribution in [3.05, 3.63) is 23.3 Å². The third-order valence-electron chi connectivity index (χ3n) is 6.61. The standard InChI is InChI=1S/C19H25NO4/c1-20-9-8-19(24-3)12-5-6-14(21)17(19)16-11(10-13(12)20)4-7-15(23-2)18(16)22/h4,7,12-13,17,22H,5-6,8-10H2,1-3H3/t12-,13-,17+,19-/m0/s1. The van der Waals surface area contributed by atoms with E-state index in [1.54, 1.807) is 20.3 Å². The zero-order valence-electron chi connectivity index (χ0n) is 14.5. The zero-order valence-corrected chi connectivity index (χ0v) is 14.5. The molecule has 1 aromatic rings. The normalized spacial score (nSPS) is 35.3. The molecule has 1 heterocycles. The van der Waals surface area contributed by atoms with Crippen LogP contribution >= 0.6 is 0 Å². The Morgan fingerprint density at radius 2 is 2.12 bits per heavy atom. The number of ether oxygens (including phenoxy) is 2. The van der Waals surface area contributed by atoms with Crippen LogP contribution in [0.3, 0.4) is 0 Å². The van der Waals surface area contributed by atoms with Crippen LogP contribution in [0.2, 0.25) is 0 Å². The summed E-state index contributed by atoms with van der Waals surface area (Å²) in [5.41, 5.74) is 1.28. The number of methoxy groups -OCH3 is 2. The number of phenolic OH excluding ortho intramolecular Hbond substituents is 1. The second-order valence-corrected chi connectivity index (χ2v) is 7.39. The summed E-state index contributed by atoms with van der Waals surface area (Å²) in [7, 11) is 5.43. The van der Waals surface area contributed by atoms with Crippen molar-refractivity contribution in [3.63, 3.8) is 0 Å². The molecule has 5 nitrogen and oxygen atoms in total. The Kier molecular flexibility index (Phi) is 3.62. The first-order valence-corrected chi connectivity index (χ1v) is 8.70. The molecule has 1 aromatic carbocycles. The van der Waals surface area contributed by atoms with Crippen LogP contribution in [0.4, 0.5) is 0 Å². The van der Waals surface area contributed by atoms with Gasteiger partial charge < -0.3 is 19.5 Å². The van der Waals surface area contributed by atoms with Gasteiger partial charge in [0, 0.05) is 37.6 Å². The van der Waals surface area contributed by atoms with Gasteiger partial charge in [0.25, 0.3) is 0 Å². The molecule has 24 heavy (non-hydrogen) atoms. The smallest absolute Gasteiger partial charge is 0.162 e. The second kappa shape index (κ2) is 5.46. The fourth-order valence-corrected chi connectivity index (χ4v) is 5.44. The maximum absolute atomic E-state index is 13.0. The van der Waals surface area contributed by atoms with Gasteiger partial charge in [-0.15, -0.1) is 0 Å². The van der Waals surface area contributed by atoms with Gasteiger partial charge in [0.1, 0.15) is 5.78 Å². The summed E-state index contributed by atoms with van der Waals surface area (Å²) in [5.74, 6) is 0.634. The highest BCUT2D eigenvalue weighted by Crippen LogP contribution is 2.57. The minimum atomic E-state index is -0.512. The molecular formula is C19H25NO4. The maximum Gasteiger partial charge on any atom is 0.162 e. The molecule has 3 aliphatic rings. The summed E-state index contributed by atoms with van der Waals surface area (Å²) in [6.07, 6.45) is 3.07. The number of hydrogen-bond donors (Lipinski definition) is 1. The number of likely N-dealkylation sites (N-methyl/N-ethyl adjacent to an activating group) is 1. The molecule has 4 atom stereocenters. The molecule has 0 aromatic heterocycles. The summed E-state index contributed by atoms with van der Waals surface area (Å²) in [4.78, 5) is 15.4. The largest absolute Gasteiger partial charge is 0.504 e. The van der Waals surface area contributed by atoms with Crippen LogP contribution in [0.15, 0.2) is 12.1 Å². The Bertz CT molecular complexity index is 688. The van der Waals surface area contributed by atoms with Crippen LogP contribution in [-0.4, -0.2) is 55.2 Å². The van der Waals surface area contributed by atoms with E-state index in [0.29, 0.717) is 24.1 Å². The highest BCUT2D eigenvalue weighted by molar-refractivity contribution is 5.90. The van der Waals surface area contributed by atoms with E-state index in [4.69, 9.17) is 9.47 Å². The van der Waals surface area contributed by atoms with E-state index >= 15 is 0 Å². The van der Waals surface area contributed by atoms with Crippen molar-refractivity contribution in [2.24, 2.45) is 5.92 Å². The lowest BCUT2D eigenvalue weighted by Gasteiger charge is -2.54. The number of carbonyl (C=O) groups excluding carboxylic acids is 1. The lowest BCUT2D eigenvalue weighted by Crippen LogP contribution is -2.62. The first-order chi connectivity index (χ1) is 11.5. The summed E-state index contributed by atoms with van der Waals surface area (Å²) in [6.45, 7) is 0.907. The predicted octanol–water partition coefficient (Wildman–Crippen LogP) is 2.11. The Labute approximate surface area is 142 Å². The van der Waals surface area contributed by atoms with Gasteiger partial charge in [-0.05, 0) is 37.9 Å². The van der Waals surface area contributed by atoms with Crippen LogP contribution in [-0.2, 0) is 16.0 Å². The monoisotopic (exact) mass is 331 g/mol. The van der Waals surface area contributed by atoms with Gasteiger partial charge in [-0.2, -0.15) is 0 Å². The Morgan fingerprint density at radius 3 is 2.83 bits per heavy atom. The van der Waals surface area contributed by atoms with E-state index in [-0.39, 0.29) is 11.5 Å². The molecule has 0 amide bonds. The number of nitrogens with zero attached hydrogens (tertiary/aromatic N) is 1. The van der Waals surface area contributed by atoms with Crippen molar-refractivity contribution >= 4 is 5.78 Å². The number of fused-ring (bicyclic) bond motifs is 2. The third kappa shape index (κ3) is 1.91. The quantitative estimate of drug-likeness (QED) is 0.899. The predicted molar refractivity (Wildman–Crippen MR) is 89.6 cm³/mol. The highest BCUT2D eigenvalue weighted by Gasteiger charge is 2.60. The minimum Gasteiger partial charge on any atom is -0.504 e. The number of hydrogen-bond acceptors (Lipinski definition) is 5. The number of ketones is 1. The lowest BCUT2D eigenvalue weighted by atomic mass is 9.61. The lowest BCUT2D eigenvalue weighted by molar-refractivity contribution is -0.163. The third-order valence-corrected chi connectivity index (χ3v) is 6.61. The molecule has 1 saturated carbocycles. The Morgan fingerprint density at radius 1 is 1.33 bits per heavy atom. The Hall–Kier alpha value is -1.59. The molecule has 1 aliphatic heterocycles. The molecule has 1 saturated heterocycles. The van der Waals surface area contributed by atoms with Crippen molar-refractivity contribution in [2.45, 2.75) is 43.2 Å². The Balaban J connectivity index is 2.00. The van der Waals surface area contributed by atoms with Crippen molar-refractivity contribution in [1.29, 1.82) is 0 Å². The molecule has 0 unspecified atom stereocenters. The topological polar surface area (TPSA) is 59.0 Å². The molecule has 0 spiro atoms. The number of rotatable bonds is 2. The molecule has 2 fully saturated rings. The van der Waals surface area contributed by atoms with Gasteiger partial charge >= 0.3 is 0 Å². The molecule has 0 radical (unpaired) electrons. The van der Waals surface area contributed by atoms with Crippen LogP contribution < -0.4 is 4.74 Å². The fourth-order valence-electron chi connectivity index (χ4n) is 5.44. The fraction of sp³-hybridized carbons (Fsp3) is 0.632. The van der Waals surface area contributed by atoms with Crippen LogP contribution in [0, 0.1) is 5.92 Å². The van der Waals surface area contributed by atoms with Gasteiger partial charge in [0.2, 0.25) is 0 Å². The molecule has 130 valence electrons. The number of Topliss-reactive ketones (excluding diaryl/α,β-unsaturated/α-hetero) is 1. The molecule has 1 N–H and O–H groups in total. The molecule has 4 bridgehead atoms. The maximum atomic E-state index is 13.0. The summed E-state index contributed by atoms with van der Waals surface area (Å²) >= 11 is 0. The van der Waals surface area contributed by atoms with Gasteiger partial charge in [-0.25, -0.2) is 0 Å². The van der Waals surface area contributed by atoms with E-state index in [2.05, 4.69) is 11.9 Å². The summed E-state index contributed by atoms with van der Waals surface area (Å²) in [6, 6.07) is 4.15. The summed E-state index contributed by atoms with van der Waals surface area (Å²) in [5, 5.41) is 10.8. The summed E-state index contributed by atoms with van der Waals surface area (Å²) < 4.78 is 11.4. The van der Waals surface area contributed by atoms with Gasteiger partial charge in [0.15, 0.2) is 11.5 Å². The van der Waals surface area contributed by atoms with E-state index in [9.17, 15) is 9.90 Å². The zero-order chi connectivity index (χ0) is 17.1. The average Bonchev–Trinajstić information content (AvgIpc) is 2.61. The van der Waals surface area contributed by atoms with Gasteiger partial charge in [-0.1, -0.05) is 6.07 Å². The van der Waals surface area contributed by atoms with Crippen molar-refractivity contribution in [2.75, 3.05) is 27.8 Å². The van der Waals surface area contributed by atoms with E-state index in [1.165, 1.54) is 0 Å². The SMILES string of the molecule is COc1ccc2c(c1O)[C@H]1C(=O)CC[C@H]3[C@H](C2)N(C)CC[C@@]13OC. The van der Waals surface area contributed by atoms with Crippen LogP contribution in [0.1, 0.15) is 36.3 Å². The molecule has 5 heteroatoms. The number of likely N-dealkylation sites (tertiary alicyclic amines) is 1. The number of aromatic hydroxyl groups is 1. The number of carbonyl (C=O) groups is 1. The molecule has 2 aliphatic carbocycles. The van der Waals surface area contributed by atoms with Crippen molar-refractivity contribution in [1.82, 2.24) is 4.90 Å². The van der Waals surface area contributed by atoms with Gasteiger partial charge in [0.05, 0.1) is 18.6 Å². The molecular weight excluding hydrogens is 306 g/mol. The van der Waals surface area contributed by atoms with E-state index < -0.39 is 11.5 Å². The minimum absolute atomic E-state index is 0.112. The van der Waals surface area contributed by atoms with E-state index in [1.807, 2.05) is 6.07 Å². The number of benzene rings is 1.